The number of nitrogens with zero attached hydrogens (tertiary/aromatic N) is 3. The van der Waals surface area contributed by atoms with E-state index in [4.69, 9.17) is 18.5 Å². The number of alkyl halides is 1. The molecule has 14 heteroatoms. The zero-order valence-corrected chi connectivity index (χ0v) is 24.8. The maximum Gasteiger partial charge on any atom is 0.459 e. The summed E-state index contributed by atoms with van der Waals surface area (Å²) in [6.07, 6.45) is -1.36. The van der Waals surface area contributed by atoms with E-state index < -0.39 is 56.4 Å². The van der Waals surface area contributed by atoms with Crippen molar-refractivity contribution in [2.24, 2.45) is 0 Å². The van der Waals surface area contributed by atoms with Crippen LogP contribution >= 0.6 is 7.75 Å². The third kappa shape index (κ3) is 6.61. The first-order valence-corrected chi connectivity index (χ1v) is 14.9. The van der Waals surface area contributed by atoms with Gasteiger partial charge in [0.05, 0.1) is 24.2 Å². The van der Waals surface area contributed by atoms with Gasteiger partial charge in [0.25, 0.3) is 0 Å². The lowest BCUT2D eigenvalue weighted by molar-refractivity contribution is -0.149. The smallest absolute Gasteiger partial charge is 0.459 e. The number of hydrogen-bond acceptors (Lipinski definition) is 10. The molecule has 42 heavy (non-hydrogen) atoms. The van der Waals surface area contributed by atoms with Gasteiger partial charge in [-0.2, -0.15) is 5.09 Å². The summed E-state index contributed by atoms with van der Waals surface area (Å²) in [6, 6.07) is 11.0. The molecule has 0 spiro atoms. The number of aliphatic hydroxyl groups is 1. The Balaban J connectivity index is 1.65. The summed E-state index contributed by atoms with van der Waals surface area (Å²) < 4.78 is 52.0. The standard InChI is InChI=1S/C28H34FN4O8P/c1-6-38-26(36)17(2)32-42(37,39-16-23-25(35)28(4,29)27(40-23)33(5)18(3)34)41-22-13-8-7-10-19(22)20-11-9-12-21-24(20)31-15-14-30-21/h7-15,17,23,25,27,35H,6,16H2,1-5H3,(H,32,37). The number of fused-ring (bicyclic) bond motifs is 1. The number of esters is 1. The van der Waals surface area contributed by atoms with Crippen molar-refractivity contribution < 1.29 is 42.2 Å². The van der Waals surface area contributed by atoms with Crippen LogP contribution in [0.3, 0.4) is 0 Å². The van der Waals surface area contributed by atoms with E-state index >= 15 is 4.39 Å². The second-order valence-electron chi connectivity index (χ2n) is 9.97. The lowest BCUT2D eigenvalue weighted by Gasteiger charge is -2.30. The average Bonchev–Trinajstić information content (AvgIpc) is 3.19. The van der Waals surface area contributed by atoms with Gasteiger partial charge in [-0.3, -0.25) is 24.1 Å². The maximum atomic E-state index is 15.5. The number of aliphatic hydroxyl groups excluding tert-OH is 1. The minimum absolute atomic E-state index is 0.0874. The van der Waals surface area contributed by atoms with Crippen molar-refractivity contribution in [2.75, 3.05) is 20.3 Å². The molecule has 1 amide bonds. The van der Waals surface area contributed by atoms with Crippen LogP contribution in [0.5, 0.6) is 5.75 Å². The number of rotatable bonds is 11. The first kappa shape index (κ1) is 31.5. The first-order chi connectivity index (χ1) is 19.9. The molecule has 2 N–H and O–H groups in total. The molecule has 226 valence electrons. The van der Waals surface area contributed by atoms with E-state index in [0.717, 1.165) is 11.8 Å². The number of aromatic nitrogens is 2. The Morgan fingerprint density at radius 3 is 2.60 bits per heavy atom. The summed E-state index contributed by atoms with van der Waals surface area (Å²) in [6.45, 7) is 4.86. The predicted molar refractivity (Wildman–Crippen MR) is 151 cm³/mol. The lowest BCUT2D eigenvalue weighted by atomic mass is 9.98. The van der Waals surface area contributed by atoms with Crippen LogP contribution in [0.1, 0.15) is 27.7 Å². The number of hydrogen-bond donors (Lipinski definition) is 2. The molecular weight excluding hydrogens is 570 g/mol. The monoisotopic (exact) mass is 604 g/mol. The molecule has 1 fully saturated rings. The number of para-hydroxylation sites is 2. The van der Waals surface area contributed by atoms with Crippen molar-refractivity contribution in [1.29, 1.82) is 0 Å². The van der Waals surface area contributed by atoms with Gasteiger partial charge in [-0.05, 0) is 32.9 Å². The Morgan fingerprint density at radius 1 is 1.19 bits per heavy atom. The van der Waals surface area contributed by atoms with Gasteiger partial charge < -0.3 is 24.0 Å². The fraction of sp³-hybridized carbons (Fsp3) is 0.429. The topological polar surface area (TPSA) is 149 Å². The third-order valence-corrected chi connectivity index (χ3v) is 8.49. The predicted octanol–water partition coefficient (Wildman–Crippen LogP) is 3.63. The van der Waals surface area contributed by atoms with Crippen LogP contribution in [0, 0.1) is 0 Å². The summed E-state index contributed by atoms with van der Waals surface area (Å²) in [5, 5.41) is 13.2. The Morgan fingerprint density at radius 2 is 1.88 bits per heavy atom. The van der Waals surface area contributed by atoms with Crippen LogP contribution in [0.2, 0.25) is 0 Å². The molecule has 1 aliphatic heterocycles. The van der Waals surface area contributed by atoms with Gasteiger partial charge in [0.2, 0.25) is 5.91 Å². The van der Waals surface area contributed by atoms with Crippen LogP contribution in [0.15, 0.2) is 54.9 Å². The van der Waals surface area contributed by atoms with Crippen molar-refractivity contribution in [3.63, 3.8) is 0 Å². The molecular formula is C28H34FN4O8P. The zero-order valence-electron chi connectivity index (χ0n) is 23.9. The number of carbonyl (C=O) groups excluding carboxylic acids is 2. The second kappa shape index (κ2) is 12.8. The molecule has 1 aromatic heterocycles. The van der Waals surface area contributed by atoms with Gasteiger partial charge in [0.1, 0.15) is 24.0 Å². The van der Waals surface area contributed by atoms with Crippen LogP contribution in [0.25, 0.3) is 22.2 Å². The molecule has 3 aromatic rings. The van der Waals surface area contributed by atoms with E-state index in [0.29, 0.717) is 22.2 Å². The van der Waals surface area contributed by atoms with E-state index in [1.807, 2.05) is 0 Å². The highest BCUT2D eigenvalue weighted by Gasteiger charge is 2.56. The summed E-state index contributed by atoms with van der Waals surface area (Å²) >= 11 is 0. The average molecular weight is 605 g/mol. The van der Waals surface area contributed by atoms with E-state index in [9.17, 15) is 19.3 Å². The van der Waals surface area contributed by atoms with Gasteiger partial charge in [-0.15, -0.1) is 0 Å². The summed E-state index contributed by atoms with van der Waals surface area (Å²) in [5.74, 6) is -1.06. The van der Waals surface area contributed by atoms with E-state index in [1.165, 1.54) is 20.9 Å². The van der Waals surface area contributed by atoms with E-state index in [2.05, 4.69) is 15.1 Å². The molecule has 2 aromatic carbocycles. The number of benzene rings is 2. The van der Waals surface area contributed by atoms with Crippen LogP contribution in [-0.4, -0.2) is 82.3 Å². The largest absolute Gasteiger partial charge is 0.465 e. The summed E-state index contributed by atoms with van der Waals surface area (Å²) in [7, 11) is -3.11. The SMILES string of the molecule is CCOC(=O)C(C)NP(=O)(OCC1OC(N(C)C(C)=O)C(C)(F)C1O)Oc1ccccc1-c1cccc2nccnc12. The maximum absolute atomic E-state index is 15.5. The minimum atomic E-state index is -4.45. The highest BCUT2D eigenvalue weighted by atomic mass is 31.2. The van der Waals surface area contributed by atoms with Gasteiger partial charge in [-0.1, -0.05) is 30.3 Å². The highest BCUT2D eigenvalue weighted by Crippen LogP contribution is 2.49. The minimum Gasteiger partial charge on any atom is -0.465 e. The highest BCUT2D eigenvalue weighted by molar-refractivity contribution is 7.52. The quantitative estimate of drug-likeness (QED) is 0.244. The van der Waals surface area contributed by atoms with Gasteiger partial charge in [0.15, 0.2) is 11.9 Å². The number of amides is 1. The van der Waals surface area contributed by atoms with Crippen molar-refractivity contribution >= 4 is 30.7 Å². The van der Waals surface area contributed by atoms with Crippen molar-refractivity contribution in [1.82, 2.24) is 20.0 Å². The van der Waals surface area contributed by atoms with Crippen LogP contribution in [-0.2, 0) is 28.2 Å². The van der Waals surface area contributed by atoms with Crippen LogP contribution < -0.4 is 9.61 Å². The van der Waals surface area contributed by atoms with Crippen LogP contribution in [0.4, 0.5) is 4.39 Å². The molecule has 0 aliphatic carbocycles. The Hall–Kier alpha value is -3.48. The number of nitrogens with one attached hydrogen (secondary N) is 1. The second-order valence-corrected chi connectivity index (χ2v) is 11.7. The normalized spacial score (nSPS) is 24.1. The first-order valence-electron chi connectivity index (χ1n) is 13.3. The fourth-order valence-electron chi connectivity index (χ4n) is 4.58. The summed E-state index contributed by atoms with van der Waals surface area (Å²) in [4.78, 5) is 34.0. The number of carbonyl (C=O) groups is 2. The van der Waals surface area contributed by atoms with Gasteiger partial charge in [0, 0.05) is 37.5 Å². The molecule has 2 heterocycles. The molecule has 1 aliphatic rings. The zero-order chi connectivity index (χ0) is 30.7. The molecule has 0 radical (unpaired) electrons. The molecule has 6 unspecified atom stereocenters. The van der Waals surface area contributed by atoms with Crippen molar-refractivity contribution in [3.8, 4) is 16.9 Å². The molecule has 0 saturated carbocycles. The van der Waals surface area contributed by atoms with Crippen molar-refractivity contribution in [3.05, 3.63) is 54.9 Å². The van der Waals surface area contributed by atoms with Gasteiger partial charge >= 0.3 is 13.7 Å². The molecule has 4 rings (SSSR count). The third-order valence-electron chi connectivity index (χ3n) is 6.86. The Bertz CT molecular complexity index is 1490. The van der Waals surface area contributed by atoms with E-state index in [-0.39, 0.29) is 12.4 Å². The van der Waals surface area contributed by atoms with Crippen molar-refractivity contribution in [2.45, 2.75) is 57.8 Å². The Labute approximate surface area is 242 Å². The van der Waals surface area contributed by atoms with Gasteiger partial charge in [-0.25, -0.2) is 8.96 Å². The molecule has 1 saturated heterocycles. The summed E-state index contributed by atoms with van der Waals surface area (Å²) in [5.41, 5.74) is -0.00357. The molecule has 0 bridgehead atoms. The fourth-order valence-corrected chi connectivity index (χ4v) is 6.10. The number of halogens is 1. The van der Waals surface area contributed by atoms with E-state index in [1.54, 1.807) is 61.8 Å². The lowest BCUT2D eigenvalue weighted by Crippen LogP contribution is -2.50. The molecule has 6 atom stereocenters. The Kier molecular flexibility index (Phi) is 9.59. The number of ether oxygens (including phenoxy) is 2. The molecule has 12 nitrogen and oxygen atoms in total.